The molecule has 0 radical (unpaired) electrons. The number of nitriles is 1. The zero-order valence-electron chi connectivity index (χ0n) is 21.2. The average Bonchev–Trinajstić information content (AvgIpc) is 3.66. The number of ether oxygens (including phenoxy) is 1. The van der Waals surface area contributed by atoms with Gasteiger partial charge in [-0.2, -0.15) is 5.26 Å². The minimum absolute atomic E-state index is 0.0780. The normalized spacial score (nSPS) is 29.0. The van der Waals surface area contributed by atoms with Crippen molar-refractivity contribution in [2.45, 2.75) is 76.0 Å². The molecule has 1 atom stereocenters. The zero-order valence-corrected chi connectivity index (χ0v) is 21.2. The van der Waals surface area contributed by atoms with Crippen LogP contribution >= 0.6 is 0 Å². The van der Waals surface area contributed by atoms with E-state index in [9.17, 15) is 10.1 Å². The van der Waals surface area contributed by atoms with Crippen LogP contribution in [0.2, 0.25) is 0 Å². The van der Waals surface area contributed by atoms with Crippen LogP contribution in [0.4, 0.5) is 0 Å². The van der Waals surface area contributed by atoms with Crippen molar-refractivity contribution in [2.75, 3.05) is 7.11 Å². The topological polar surface area (TPSA) is 65.4 Å². The third kappa shape index (κ3) is 3.58. The van der Waals surface area contributed by atoms with E-state index in [4.69, 9.17) is 4.74 Å². The van der Waals surface area contributed by atoms with Crippen LogP contribution in [-0.2, 0) is 34.5 Å². The highest BCUT2D eigenvalue weighted by Crippen LogP contribution is 2.61. The van der Waals surface area contributed by atoms with Crippen LogP contribution in [0.3, 0.4) is 0 Å². The predicted octanol–water partition coefficient (Wildman–Crippen LogP) is 5.33. The number of rotatable bonds is 6. The van der Waals surface area contributed by atoms with Gasteiger partial charge >= 0.3 is 0 Å². The summed E-state index contributed by atoms with van der Waals surface area (Å²) in [6, 6.07) is 16.7. The highest BCUT2D eigenvalue weighted by molar-refractivity contribution is 5.94. The lowest BCUT2D eigenvalue weighted by Crippen LogP contribution is -2.56. The Bertz CT molecular complexity index is 1250. The molecule has 186 valence electrons. The van der Waals surface area contributed by atoms with Crippen molar-refractivity contribution in [3.63, 3.8) is 0 Å². The maximum Gasteiger partial charge on any atom is 0.259 e. The molecule has 4 aliphatic rings. The Hall–Kier alpha value is -3.10. The van der Waals surface area contributed by atoms with Crippen molar-refractivity contribution >= 4 is 5.91 Å². The van der Waals surface area contributed by atoms with E-state index in [1.807, 2.05) is 24.3 Å². The van der Waals surface area contributed by atoms with Gasteiger partial charge in [-0.15, -0.1) is 0 Å². The molecule has 1 unspecified atom stereocenters. The van der Waals surface area contributed by atoms with Gasteiger partial charge in [0.25, 0.3) is 5.91 Å². The first-order chi connectivity index (χ1) is 17.5. The Morgan fingerprint density at radius 3 is 2.67 bits per heavy atom. The molecule has 2 saturated carbocycles. The standard InChI is InChI=1S/C31H35N3O2/c1-21-33-31(29(35)34(21)20-26-6-4-3-5-25(26)19-32)28-17-23(10-9-22-7-8-22)11-12-24(28)18-30(31)15-13-27(36-2)14-16-30/h3-6,11-12,17,22,27,33H,1,7-10,13-16,18,20H2,2H3. The summed E-state index contributed by atoms with van der Waals surface area (Å²) in [5.74, 6) is 1.59. The lowest BCUT2D eigenvalue weighted by atomic mass is 9.61. The first-order valence-electron chi connectivity index (χ1n) is 13.4. The van der Waals surface area contributed by atoms with Crippen LogP contribution < -0.4 is 5.32 Å². The van der Waals surface area contributed by atoms with Crippen molar-refractivity contribution in [2.24, 2.45) is 11.3 Å². The van der Waals surface area contributed by atoms with Gasteiger partial charge < -0.3 is 10.1 Å². The van der Waals surface area contributed by atoms with E-state index in [1.165, 1.54) is 30.4 Å². The minimum atomic E-state index is -0.810. The molecular weight excluding hydrogens is 446 g/mol. The molecule has 1 N–H and O–H groups in total. The van der Waals surface area contributed by atoms with Crippen molar-refractivity contribution < 1.29 is 9.53 Å². The second-order valence-electron chi connectivity index (χ2n) is 11.3. The van der Waals surface area contributed by atoms with Crippen molar-refractivity contribution in [3.8, 4) is 6.07 Å². The van der Waals surface area contributed by atoms with Crippen molar-refractivity contribution in [3.05, 3.63) is 82.7 Å². The number of amides is 1. The summed E-state index contributed by atoms with van der Waals surface area (Å²) in [7, 11) is 1.79. The molecule has 0 bridgehead atoms. The fourth-order valence-corrected chi connectivity index (χ4v) is 7.08. The summed E-state index contributed by atoms with van der Waals surface area (Å²) in [6.45, 7) is 4.67. The second kappa shape index (κ2) is 8.78. The summed E-state index contributed by atoms with van der Waals surface area (Å²) in [6.07, 6.45) is 9.96. The van der Waals surface area contributed by atoms with E-state index in [0.29, 0.717) is 17.9 Å². The molecule has 5 heteroatoms. The van der Waals surface area contributed by atoms with Gasteiger partial charge in [0, 0.05) is 12.5 Å². The van der Waals surface area contributed by atoms with Crippen LogP contribution in [0.1, 0.15) is 72.8 Å². The van der Waals surface area contributed by atoms with Crippen LogP contribution in [0, 0.1) is 22.7 Å². The summed E-state index contributed by atoms with van der Waals surface area (Å²) in [5.41, 5.74) is 4.20. The summed E-state index contributed by atoms with van der Waals surface area (Å²) < 4.78 is 5.71. The molecular formula is C31H35N3O2. The minimum Gasteiger partial charge on any atom is -0.381 e. The SMILES string of the molecule is C=C1NC2(C(=O)N1Cc1ccccc1C#N)c1cc(CCC3CC3)ccc1CC21CCC(OC)CC1. The van der Waals surface area contributed by atoms with E-state index in [0.717, 1.165) is 55.6 Å². The largest absolute Gasteiger partial charge is 0.381 e. The molecule has 2 spiro atoms. The summed E-state index contributed by atoms with van der Waals surface area (Å²) in [5, 5.41) is 13.3. The van der Waals surface area contributed by atoms with Crippen molar-refractivity contribution in [1.82, 2.24) is 10.2 Å². The fourth-order valence-electron chi connectivity index (χ4n) is 7.08. The lowest BCUT2D eigenvalue weighted by Gasteiger charge is -2.46. The van der Waals surface area contributed by atoms with E-state index >= 15 is 0 Å². The Kier molecular flexibility index (Phi) is 5.68. The molecule has 1 aliphatic heterocycles. The fraction of sp³-hybridized carbons (Fsp3) is 0.484. The number of methoxy groups -OCH3 is 1. The molecule has 1 saturated heterocycles. The number of aryl methyl sites for hydroxylation is 1. The van der Waals surface area contributed by atoms with Crippen LogP contribution in [-0.4, -0.2) is 24.0 Å². The highest BCUT2D eigenvalue weighted by atomic mass is 16.5. The highest BCUT2D eigenvalue weighted by Gasteiger charge is 2.66. The van der Waals surface area contributed by atoms with Crippen LogP contribution in [0.15, 0.2) is 54.9 Å². The second-order valence-corrected chi connectivity index (χ2v) is 11.3. The quantitative estimate of drug-likeness (QED) is 0.606. The molecule has 3 fully saturated rings. The number of fused-ring (bicyclic) bond motifs is 3. The molecule has 0 aromatic heterocycles. The van der Waals surface area contributed by atoms with Gasteiger partial charge in [-0.3, -0.25) is 9.69 Å². The predicted molar refractivity (Wildman–Crippen MR) is 139 cm³/mol. The number of benzene rings is 2. The Labute approximate surface area is 214 Å². The Morgan fingerprint density at radius 1 is 1.17 bits per heavy atom. The maximum atomic E-state index is 14.6. The first kappa shape index (κ1) is 23.3. The van der Waals surface area contributed by atoms with Crippen LogP contribution in [0.5, 0.6) is 0 Å². The van der Waals surface area contributed by atoms with E-state index in [1.54, 1.807) is 12.0 Å². The molecule has 2 aromatic carbocycles. The van der Waals surface area contributed by atoms with Gasteiger partial charge in [-0.05, 0) is 79.2 Å². The molecule has 1 amide bonds. The van der Waals surface area contributed by atoms with Gasteiger partial charge in [0.2, 0.25) is 0 Å². The number of carbonyl (C=O) groups excluding carboxylic acids is 1. The molecule has 5 nitrogen and oxygen atoms in total. The van der Waals surface area contributed by atoms with Gasteiger partial charge in [-0.1, -0.05) is 55.8 Å². The lowest BCUT2D eigenvalue weighted by molar-refractivity contribution is -0.139. The third-order valence-electron chi connectivity index (χ3n) is 9.35. The van der Waals surface area contributed by atoms with Gasteiger partial charge in [0.05, 0.1) is 24.3 Å². The molecule has 3 aliphatic carbocycles. The van der Waals surface area contributed by atoms with Gasteiger partial charge in [0.1, 0.15) is 5.82 Å². The first-order valence-corrected chi connectivity index (χ1v) is 13.4. The number of nitrogens with zero attached hydrogens (tertiary/aromatic N) is 2. The summed E-state index contributed by atoms with van der Waals surface area (Å²) >= 11 is 0. The molecule has 2 aromatic rings. The number of hydrogen-bond acceptors (Lipinski definition) is 4. The smallest absolute Gasteiger partial charge is 0.259 e. The third-order valence-corrected chi connectivity index (χ3v) is 9.35. The molecule has 6 rings (SSSR count). The molecule has 36 heavy (non-hydrogen) atoms. The zero-order chi connectivity index (χ0) is 24.9. The number of nitrogens with one attached hydrogen (secondary N) is 1. The summed E-state index contributed by atoms with van der Waals surface area (Å²) in [4.78, 5) is 16.4. The Balaban J connectivity index is 1.40. The van der Waals surface area contributed by atoms with Gasteiger partial charge in [0.15, 0.2) is 5.54 Å². The average molecular weight is 482 g/mol. The monoisotopic (exact) mass is 481 g/mol. The Morgan fingerprint density at radius 2 is 1.94 bits per heavy atom. The number of hydrogen-bond donors (Lipinski definition) is 1. The van der Waals surface area contributed by atoms with E-state index in [-0.39, 0.29) is 17.4 Å². The molecule has 1 heterocycles. The number of carbonyl (C=O) groups is 1. The van der Waals surface area contributed by atoms with E-state index < -0.39 is 5.54 Å². The van der Waals surface area contributed by atoms with Crippen molar-refractivity contribution in [1.29, 1.82) is 5.26 Å². The maximum absolute atomic E-state index is 14.6. The van der Waals surface area contributed by atoms with Crippen LogP contribution in [0.25, 0.3) is 0 Å². The van der Waals surface area contributed by atoms with Gasteiger partial charge in [-0.25, -0.2) is 0 Å². The van der Waals surface area contributed by atoms with E-state index in [2.05, 4.69) is 36.2 Å².